The van der Waals surface area contributed by atoms with Crippen molar-refractivity contribution in [2.24, 2.45) is 0 Å². The number of carbonyl (C=O) groups is 1. The Morgan fingerprint density at radius 2 is 2.40 bits per heavy atom. The summed E-state index contributed by atoms with van der Waals surface area (Å²) in [5.74, 6) is -0.159. The highest BCUT2D eigenvalue weighted by Crippen LogP contribution is 2.32. The Hall–Kier alpha value is -1.34. The number of anilines is 2. The first kappa shape index (κ1) is 15.1. The van der Waals surface area contributed by atoms with Crippen LogP contribution in [0.25, 0.3) is 0 Å². The summed E-state index contributed by atoms with van der Waals surface area (Å²) in [6.07, 6.45) is 2.37. The molecule has 7 heteroatoms. The van der Waals surface area contributed by atoms with Gasteiger partial charge in [-0.3, -0.25) is 0 Å². The van der Waals surface area contributed by atoms with E-state index >= 15 is 0 Å². The number of aromatic nitrogens is 1. The van der Waals surface area contributed by atoms with Gasteiger partial charge in [-0.2, -0.15) is 4.37 Å². The first-order valence-corrected chi connectivity index (χ1v) is 7.73. The van der Waals surface area contributed by atoms with E-state index in [0.29, 0.717) is 12.2 Å². The van der Waals surface area contributed by atoms with Crippen molar-refractivity contribution >= 4 is 28.3 Å². The van der Waals surface area contributed by atoms with Crippen molar-refractivity contribution in [2.75, 3.05) is 36.9 Å². The lowest BCUT2D eigenvalue weighted by Crippen LogP contribution is -2.32. The Morgan fingerprint density at radius 3 is 3.00 bits per heavy atom. The molecule has 2 N–H and O–H groups in total. The minimum Gasteiger partial charge on any atom is -0.462 e. The zero-order chi connectivity index (χ0) is 14.5. The summed E-state index contributed by atoms with van der Waals surface area (Å²) >= 11 is 1.24. The van der Waals surface area contributed by atoms with Crippen molar-refractivity contribution < 1.29 is 14.3 Å². The normalized spacial score (nSPS) is 18.2. The number of nitrogen functional groups attached to an aromatic ring is 1. The molecule has 0 aliphatic carbocycles. The van der Waals surface area contributed by atoms with Gasteiger partial charge in [-0.1, -0.05) is 0 Å². The maximum Gasteiger partial charge on any atom is 0.345 e. The highest BCUT2D eigenvalue weighted by Gasteiger charge is 2.26. The lowest BCUT2D eigenvalue weighted by Gasteiger charge is -2.24. The van der Waals surface area contributed by atoms with E-state index in [4.69, 9.17) is 15.2 Å². The van der Waals surface area contributed by atoms with E-state index in [1.54, 1.807) is 6.92 Å². The first-order valence-electron chi connectivity index (χ1n) is 6.96. The zero-order valence-corrected chi connectivity index (χ0v) is 12.7. The quantitative estimate of drug-likeness (QED) is 0.808. The summed E-state index contributed by atoms with van der Waals surface area (Å²) in [7, 11) is 0. The number of hydrogen-bond acceptors (Lipinski definition) is 7. The molecule has 0 amide bonds. The van der Waals surface area contributed by atoms with Gasteiger partial charge in [0, 0.05) is 19.7 Å². The lowest BCUT2D eigenvalue weighted by molar-refractivity contribution is 0.0528. The Morgan fingerprint density at radius 1 is 1.60 bits per heavy atom. The van der Waals surface area contributed by atoms with Gasteiger partial charge >= 0.3 is 5.97 Å². The van der Waals surface area contributed by atoms with Crippen LogP contribution in [0.4, 0.5) is 10.8 Å². The van der Waals surface area contributed by atoms with Crippen LogP contribution in [0.15, 0.2) is 0 Å². The molecule has 1 atom stereocenters. The minimum absolute atomic E-state index is 0.216. The van der Waals surface area contributed by atoms with Gasteiger partial charge in [-0.15, -0.1) is 0 Å². The summed E-state index contributed by atoms with van der Waals surface area (Å²) < 4.78 is 14.8. The summed E-state index contributed by atoms with van der Waals surface area (Å²) in [4.78, 5) is 14.1. The number of ether oxygens (including phenoxy) is 2. The molecule has 1 aromatic heterocycles. The Bertz CT molecular complexity index is 458. The van der Waals surface area contributed by atoms with E-state index < -0.39 is 5.97 Å². The Kier molecular flexibility index (Phi) is 5.19. The van der Waals surface area contributed by atoms with E-state index in [-0.39, 0.29) is 11.9 Å². The molecule has 0 bridgehead atoms. The first-order chi connectivity index (χ1) is 9.67. The molecule has 1 fully saturated rings. The van der Waals surface area contributed by atoms with Crippen LogP contribution in [0, 0.1) is 0 Å². The van der Waals surface area contributed by atoms with E-state index in [0.717, 1.165) is 37.5 Å². The fourth-order valence-corrected chi connectivity index (χ4v) is 3.17. The third-order valence-corrected chi connectivity index (χ3v) is 4.22. The molecule has 0 saturated carbocycles. The van der Waals surface area contributed by atoms with Crippen LogP contribution in [-0.2, 0) is 9.47 Å². The molecule has 0 radical (unpaired) electrons. The number of rotatable bonds is 6. The van der Waals surface area contributed by atoms with Crippen molar-refractivity contribution in [3.05, 3.63) is 5.56 Å². The van der Waals surface area contributed by atoms with Gasteiger partial charge in [-0.25, -0.2) is 4.79 Å². The lowest BCUT2D eigenvalue weighted by atomic mass is 10.2. The van der Waals surface area contributed by atoms with E-state index in [1.165, 1.54) is 11.5 Å². The van der Waals surface area contributed by atoms with Gasteiger partial charge in [0.2, 0.25) is 0 Å². The molecule has 1 aliphatic rings. The number of carbonyl (C=O) groups excluding carboxylic acids is 1. The molecule has 1 unspecified atom stereocenters. The van der Waals surface area contributed by atoms with Gasteiger partial charge in [-0.05, 0) is 38.2 Å². The molecule has 1 aromatic rings. The van der Waals surface area contributed by atoms with Crippen molar-refractivity contribution in [1.29, 1.82) is 0 Å². The Balaban J connectivity index is 2.18. The fourth-order valence-electron chi connectivity index (χ4n) is 2.29. The van der Waals surface area contributed by atoms with Crippen LogP contribution in [0.5, 0.6) is 0 Å². The highest BCUT2D eigenvalue weighted by atomic mass is 32.1. The third-order valence-electron chi connectivity index (χ3n) is 3.30. The van der Waals surface area contributed by atoms with Crippen molar-refractivity contribution in [1.82, 2.24) is 4.37 Å². The molecule has 1 aliphatic heterocycles. The van der Waals surface area contributed by atoms with E-state index in [9.17, 15) is 4.79 Å². The smallest absolute Gasteiger partial charge is 0.345 e. The van der Waals surface area contributed by atoms with Crippen LogP contribution in [-0.4, -0.2) is 42.8 Å². The third kappa shape index (κ3) is 3.21. The summed E-state index contributed by atoms with van der Waals surface area (Å²) in [6.45, 7) is 6.49. The molecule has 0 aromatic carbocycles. The van der Waals surface area contributed by atoms with Crippen LogP contribution in [0.2, 0.25) is 0 Å². The SMILES string of the molecule is CCOC(=O)c1c(N)nsc1N(CC)CC1CCCO1. The van der Waals surface area contributed by atoms with E-state index in [2.05, 4.69) is 9.27 Å². The number of nitrogens with zero attached hydrogens (tertiary/aromatic N) is 2. The van der Waals surface area contributed by atoms with Crippen molar-refractivity contribution in [3.63, 3.8) is 0 Å². The van der Waals surface area contributed by atoms with Crippen LogP contribution < -0.4 is 10.6 Å². The Labute approximate surface area is 123 Å². The number of nitrogens with two attached hydrogens (primary N) is 1. The predicted molar refractivity (Wildman–Crippen MR) is 79.3 cm³/mol. The predicted octanol–water partition coefficient (Wildman–Crippen LogP) is 1.91. The highest BCUT2D eigenvalue weighted by molar-refractivity contribution is 7.11. The van der Waals surface area contributed by atoms with Gasteiger partial charge in [0.15, 0.2) is 5.82 Å². The second kappa shape index (κ2) is 6.90. The van der Waals surface area contributed by atoms with Crippen LogP contribution >= 0.6 is 11.5 Å². The summed E-state index contributed by atoms with van der Waals surface area (Å²) in [5.41, 5.74) is 6.20. The van der Waals surface area contributed by atoms with Crippen molar-refractivity contribution in [3.8, 4) is 0 Å². The molecular formula is C13H21N3O3S. The molecular weight excluding hydrogens is 278 g/mol. The van der Waals surface area contributed by atoms with Crippen molar-refractivity contribution in [2.45, 2.75) is 32.8 Å². The molecule has 20 heavy (non-hydrogen) atoms. The monoisotopic (exact) mass is 299 g/mol. The average Bonchev–Trinajstić information content (AvgIpc) is 3.05. The summed E-state index contributed by atoms with van der Waals surface area (Å²) in [6, 6.07) is 0. The van der Waals surface area contributed by atoms with Crippen LogP contribution in [0.3, 0.4) is 0 Å². The fraction of sp³-hybridized carbons (Fsp3) is 0.692. The second-order valence-corrected chi connectivity index (χ2v) is 5.39. The van der Waals surface area contributed by atoms with Gasteiger partial charge in [0.05, 0.1) is 12.7 Å². The molecule has 112 valence electrons. The van der Waals surface area contributed by atoms with Gasteiger partial charge < -0.3 is 20.1 Å². The molecule has 6 nitrogen and oxygen atoms in total. The number of likely N-dealkylation sites (N-methyl/N-ethyl adjacent to an activating group) is 1. The second-order valence-electron chi connectivity index (χ2n) is 4.64. The number of hydrogen-bond donors (Lipinski definition) is 1. The molecule has 2 heterocycles. The number of esters is 1. The maximum absolute atomic E-state index is 12.0. The maximum atomic E-state index is 12.0. The van der Waals surface area contributed by atoms with Gasteiger partial charge in [0.25, 0.3) is 0 Å². The zero-order valence-electron chi connectivity index (χ0n) is 11.9. The topological polar surface area (TPSA) is 77.7 Å². The summed E-state index contributed by atoms with van der Waals surface area (Å²) in [5, 5.41) is 0.777. The van der Waals surface area contributed by atoms with E-state index in [1.807, 2.05) is 6.92 Å². The van der Waals surface area contributed by atoms with Crippen LogP contribution in [0.1, 0.15) is 37.0 Å². The molecule has 0 spiro atoms. The average molecular weight is 299 g/mol. The minimum atomic E-state index is -0.403. The largest absolute Gasteiger partial charge is 0.462 e. The standard InChI is InChI=1S/C13H21N3O3S/c1-3-16(8-9-6-5-7-19-9)12-10(11(14)15-20-12)13(17)18-4-2/h9H,3-8H2,1-2H3,(H2,14,15). The molecule has 1 saturated heterocycles. The van der Waals surface area contributed by atoms with Gasteiger partial charge in [0.1, 0.15) is 10.6 Å². The molecule has 2 rings (SSSR count).